The first kappa shape index (κ1) is 12.8. The number of rotatable bonds is 4. The van der Waals surface area contributed by atoms with Crippen LogP contribution in [0.2, 0.25) is 0 Å². The molecule has 0 bridgehead atoms. The van der Waals surface area contributed by atoms with E-state index in [2.05, 4.69) is 29.4 Å². The Morgan fingerprint density at radius 3 is 2.78 bits per heavy atom. The lowest BCUT2D eigenvalue weighted by Gasteiger charge is -2.07. The van der Waals surface area contributed by atoms with E-state index >= 15 is 0 Å². The minimum Gasteiger partial charge on any atom is -0.398 e. The van der Waals surface area contributed by atoms with Gasteiger partial charge in [0.1, 0.15) is 5.82 Å². The van der Waals surface area contributed by atoms with E-state index in [4.69, 9.17) is 5.73 Å². The van der Waals surface area contributed by atoms with E-state index in [-0.39, 0.29) is 0 Å². The molecular formula is C14H17N3S. The number of hydrogen-bond donors (Lipinski definition) is 2. The van der Waals surface area contributed by atoms with Crippen LogP contribution in [0, 0.1) is 6.92 Å². The Kier molecular flexibility index (Phi) is 4.10. The van der Waals surface area contributed by atoms with Gasteiger partial charge in [0.05, 0.1) is 0 Å². The third-order valence-electron chi connectivity index (χ3n) is 2.64. The molecule has 0 aliphatic heterocycles. The number of nitrogens with one attached hydrogen (secondary N) is 1. The molecule has 0 amide bonds. The largest absolute Gasteiger partial charge is 0.398 e. The molecule has 3 N–H and O–H groups in total. The van der Waals surface area contributed by atoms with Crippen LogP contribution >= 0.6 is 11.8 Å². The summed E-state index contributed by atoms with van der Waals surface area (Å²) in [6, 6.07) is 10.2. The molecule has 94 valence electrons. The van der Waals surface area contributed by atoms with Gasteiger partial charge in [0.15, 0.2) is 0 Å². The fraction of sp³-hybridized carbons (Fsp3) is 0.214. The van der Waals surface area contributed by atoms with E-state index in [1.54, 1.807) is 11.8 Å². The molecule has 0 aliphatic rings. The Morgan fingerprint density at radius 2 is 2.11 bits per heavy atom. The Labute approximate surface area is 112 Å². The summed E-state index contributed by atoms with van der Waals surface area (Å²) in [5.41, 5.74) is 9.22. The quantitative estimate of drug-likeness (QED) is 0.653. The van der Waals surface area contributed by atoms with Crippen molar-refractivity contribution in [3.63, 3.8) is 0 Å². The van der Waals surface area contributed by atoms with Crippen LogP contribution in [0.3, 0.4) is 0 Å². The summed E-state index contributed by atoms with van der Waals surface area (Å²) in [6.07, 6.45) is 1.89. The number of aryl methyl sites for hydroxylation is 1. The molecule has 0 saturated heterocycles. The second-order valence-electron chi connectivity index (χ2n) is 4.13. The lowest BCUT2D eigenvalue weighted by molar-refractivity contribution is 1.23. The molecule has 0 aliphatic carbocycles. The van der Waals surface area contributed by atoms with Crippen molar-refractivity contribution in [2.45, 2.75) is 17.6 Å². The van der Waals surface area contributed by atoms with Gasteiger partial charge in [-0.05, 0) is 36.2 Å². The molecule has 0 saturated carbocycles. The van der Waals surface area contributed by atoms with E-state index in [1.165, 1.54) is 11.1 Å². The van der Waals surface area contributed by atoms with Crippen LogP contribution in [0.1, 0.15) is 11.1 Å². The van der Waals surface area contributed by atoms with Crippen molar-refractivity contribution in [3.05, 3.63) is 47.7 Å². The maximum atomic E-state index is 5.95. The fourth-order valence-electron chi connectivity index (χ4n) is 1.59. The Bertz CT molecular complexity index is 523. The second kappa shape index (κ2) is 5.78. The Hall–Kier alpha value is -1.68. The van der Waals surface area contributed by atoms with E-state index < -0.39 is 0 Å². The third kappa shape index (κ3) is 3.17. The number of nitrogens with two attached hydrogens (primary N) is 1. The van der Waals surface area contributed by atoms with Crippen molar-refractivity contribution in [3.8, 4) is 0 Å². The highest BCUT2D eigenvalue weighted by atomic mass is 32.2. The minimum absolute atomic E-state index is 0.838. The molecule has 3 nitrogen and oxygen atoms in total. The van der Waals surface area contributed by atoms with Crippen molar-refractivity contribution in [1.82, 2.24) is 4.98 Å². The number of anilines is 2. The first-order valence-electron chi connectivity index (χ1n) is 5.80. The fourth-order valence-corrected chi connectivity index (χ4v) is 2.58. The number of benzene rings is 1. The van der Waals surface area contributed by atoms with Crippen molar-refractivity contribution in [1.29, 1.82) is 0 Å². The number of nitrogens with zero attached hydrogens (tertiary/aromatic N) is 1. The summed E-state index contributed by atoms with van der Waals surface area (Å²) in [6.45, 7) is 2.08. The third-order valence-corrected chi connectivity index (χ3v) is 3.79. The van der Waals surface area contributed by atoms with Gasteiger partial charge < -0.3 is 11.1 Å². The van der Waals surface area contributed by atoms with Gasteiger partial charge in [-0.25, -0.2) is 4.98 Å². The van der Waals surface area contributed by atoms with Gasteiger partial charge >= 0.3 is 0 Å². The molecule has 1 aromatic heterocycles. The average molecular weight is 259 g/mol. The summed E-state index contributed by atoms with van der Waals surface area (Å²) in [4.78, 5) is 5.43. The Morgan fingerprint density at radius 1 is 1.28 bits per heavy atom. The van der Waals surface area contributed by atoms with Gasteiger partial charge in [0, 0.05) is 29.6 Å². The number of aromatic nitrogens is 1. The highest BCUT2D eigenvalue weighted by Crippen LogP contribution is 2.28. The van der Waals surface area contributed by atoms with Gasteiger partial charge in [-0.3, -0.25) is 0 Å². The van der Waals surface area contributed by atoms with Crippen LogP contribution in [0.4, 0.5) is 11.5 Å². The van der Waals surface area contributed by atoms with E-state index in [0.29, 0.717) is 0 Å². The van der Waals surface area contributed by atoms with Crippen molar-refractivity contribution < 1.29 is 0 Å². The molecule has 2 aromatic rings. The molecule has 2 rings (SSSR count). The van der Waals surface area contributed by atoms with Crippen LogP contribution in [-0.2, 0) is 5.75 Å². The topological polar surface area (TPSA) is 50.9 Å². The summed E-state index contributed by atoms with van der Waals surface area (Å²) >= 11 is 1.74. The van der Waals surface area contributed by atoms with Gasteiger partial charge in [-0.15, -0.1) is 11.8 Å². The molecule has 0 fully saturated rings. The predicted octanol–water partition coefficient (Wildman–Crippen LogP) is 3.31. The van der Waals surface area contributed by atoms with E-state index in [1.807, 2.05) is 31.4 Å². The second-order valence-corrected chi connectivity index (χ2v) is 5.15. The standard InChI is InChI=1S/C14H17N3S/c1-10-3-5-12(15)13(7-10)18-9-11-4-6-14(16-2)17-8-11/h3-8H,9,15H2,1-2H3,(H,16,17). The van der Waals surface area contributed by atoms with Crippen molar-refractivity contribution in [2.75, 3.05) is 18.1 Å². The van der Waals surface area contributed by atoms with Crippen molar-refractivity contribution in [2.24, 2.45) is 0 Å². The summed E-state index contributed by atoms with van der Waals surface area (Å²) in [5, 5.41) is 3.01. The first-order chi connectivity index (χ1) is 8.69. The molecule has 0 spiro atoms. The number of hydrogen-bond acceptors (Lipinski definition) is 4. The predicted molar refractivity (Wildman–Crippen MR) is 78.9 cm³/mol. The molecule has 18 heavy (non-hydrogen) atoms. The normalized spacial score (nSPS) is 10.3. The Balaban J connectivity index is 2.04. The highest BCUT2D eigenvalue weighted by Gasteiger charge is 2.02. The maximum Gasteiger partial charge on any atom is 0.125 e. The lowest BCUT2D eigenvalue weighted by atomic mass is 10.2. The molecule has 4 heteroatoms. The van der Waals surface area contributed by atoms with Crippen LogP contribution in [0.5, 0.6) is 0 Å². The summed E-state index contributed by atoms with van der Waals surface area (Å²) in [5.74, 6) is 1.77. The minimum atomic E-state index is 0.838. The van der Waals surface area contributed by atoms with Crippen molar-refractivity contribution >= 4 is 23.3 Å². The maximum absolute atomic E-state index is 5.95. The monoisotopic (exact) mass is 259 g/mol. The molecule has 0 radical (unpaired) electrons. The molecule has 0 unspecified atom stereocenters. The van der Waals surface area contributed by atoms with Crippen LogP contribution < -0.4 is 11.1 Å². The summed E-state index contributed by atoms with van der Waals surface area (Å²) in [7, 11) is 1.87. The molecular weight excluding hydrogens is 242 g/mol. The van der Waals surface area contributed by atoms with Gasteiger partial charge in [0.2, 0.25) is 0 Å². The zero-order valence-corrected chi connectivity index (χ0v) is 11.4. The average Bonchev–Trinajstić information content (AvgIpc) is 2.40. The zero-order valence-electron chi connectivity index (χ0n) is 10.6. The number of nitrogen functional groups attached to an aromatic ring is 1. The molecule has 1 aromatic carbocycles. The highest BCUT2D eigenvalue weighted by molar-refractivity contribution is 7.98. The van der Waals surface area contributed by atoms with Crippen LogP contribution in [0.25, 0.3) is 0 Å². The van der Waals surface area contributed by atoms with Gasteiger partial charge in [-0.2, -0.15) is 0 Å². The smallest absolute Gasteiger partial charge is 0.125 e. The zero-order chi connectivity index (χ0) is 13.0. The van der Waals surface area contributed by atoms with Gasteiger partial charge in [0.25, 0.3) is 0 Å². The summed E-state index contributed by atoms with van der Waals surface area (Å²) < 4.78 is 0. The number of pyridine rings is 1. The molecule has 0 atom stereocenters. The van der Waals surface area contributed by atoms with E-state index in [9.17, 15) is 0 Å². The van der Waals surface area contributed by atoms with Crippen LogP contribution in [0.15, 0.2) is 41.4 Å². The number of thioether (sulfide) groups is 1. The van der Waals surface area contributed by atoms with Crippen LogP contribution in [-0.4, -0.2) is 12.0 Å². The van der Waals surface area contributed by atoms with Gasteiger partial charge in [-0.1, -0.05) is 12.1 Å². The first-order valence-corrected chi connectivity index (χ1v) is 6.79. The lowest BCUT2D eigenvalue weighted by Crippen LogP contribution is -1.93. The SMILES string of the molecule is CNc1ccc(CSc2cc(C)ccc2N)cn1. The molecule has 1 heterocycles. The van der Waals surface area contributed by atoms with E-state index in [0.717, 1.165) is 22.2 Å².